The number of nitrogen functional groups attached to an aromatic ring is 1. The van der Waals surface area contributed by atoms with E-state index >= 15 is 0 Å². The van der Waals surface area contributed by atoms with Gasteiger partial charge in [0, 0.05) is 6.54 Å². The van der Waals surface area contributed by atoms with E-state index in [0.717, 1.165) is 12.6 Å². The van der Waals surface area contributed by atoms with E-state index < -0.39 is 24.1 Å². The van der Waals surface area contributed by atoms with Crippen LogP contribution in [0, 0.1) is 0 Å². The van der Waals surface area contributed by atoms with Gasteiger partial charge in [-0.15, -0.1) is 0 Å². The molecule has 1 fully saturated rings. The van der Waals surface area contributed by atoms with Gasteiger partial charge in [0.1, 0.15) is 11.5 Å². The fourth-order valence-corrected chi connectivity index (χ4v) is 2.05. The lowest BCUT2D eigenvalue weighted by molar-refractivity contribution is -0.141. The second-order valence-electron chi connectivity index (χ2n) is 5.02. The van der Waals surface area contributed by atoms with Crippen molar-refractivity contribution in [3.05, 3.63) is 23.9 Å². The van der Waals surface area contributed by atoms with Crippen molar-refractivity contribution in [2.24, 2.45) is 0 Å². The van der Waals surface area contributed by atoms with Crippen molar-refractivity contribution in [2.45, 2.75) is 30.8 Å². The number of hydrogen-bond donors (Lipinski definition) is 4. The second-order valence-corrected chi connectivity index (χ2v) is 5.02. The van der Waals surface area contributed by atoms with Gasteiger partial charge in [-0.2, -0.15) is 13.2 Å². The number of anilines is 1. The first-order valence-corrected chi connectivity index (χ1v) is 6.63. The third kappa shape index (κ3) is 5.09. The van der Waals surface area contributed by atoms with Crippen LogP contribution >= 0.6 is 0 Å². The molecule has 126 valence electrons. The van der Waals surface area contributed by atoms with E-state index in [4.69, 9.17) is 10.8 Å². The van der Waals surface area contributed by atoms with Crippen LogP contribution in [-0.2, 0) is 6.18 Å². The van der Waals surface area contributed by atoms with E-state index in [9.17, 15) is 23.4 Å². The maximum Gasteiger partial charge on any atom is 0.433 e. The number of likely N-dealkylation sites (tertiary alicyclic amines) is 1. The van der Waals surface area contributed by atoms with Crippen molar-refractivity contribution in [3.63, 3.8) is 0 Å². The van der Waals surface area contributed by atoms with Gasteiger partial charge in [-0.1, -0.05) is 6.07 Å². The molecule has 0 bridgehead atoms. The number of aromatic nitrogens is 1. The molecule has 1 aliphatic rings. The molecular weight excluding hydrogens is 303 g/mol. The molecule has 1 aromatic rings. The van der Waals surface area contributed by atoms with Crippen molar-refractivity contribution < 1.29 is 28.5 Å². The number of rotatable bonds is 1. The fraction of sp³-hybridized carbons (Fsp3) is 0.615. The second kappa shape index (κ2) is 7.73. The molecule has 3 unspecified atom stereocenters. The molecule has 0 radical (unpaired) electrons. The number of nitrogens with two attached hydrogens (primary N) is 1. The predicted octanol–water partition coefficient (Wildman–Crippen LogP) is 0.0872. The Morgan fingerprint density at radius 3 is 2.41 bits per heavy atom. The van der Waals surface area contributed by atoms with Gasteiger partial charge >= 0.3 is 6.18 Å². The minimum Gasteiger partial charge on any atom is -0.395 e. The van der Waals surface area contributed by atoms with E-state index in [1.165, 1.54) is 12.1 Å². The van der Waals surface area contributed by atoms with Crippen molar-refractivity contribution in [2.75, 3.05) is 25.9 Å². The third-order valence-corrected chi connectivity index (χ3v) is 3.38. The number of hydrogen-bond acceptors (Lipinski definition) is 6. The molecule has 2 rings (SSSR count). The zero-order valence-corrected chi connectivity index (χ0v) is 12.0. The fourth-order valence-electron chi connectivity index (χ4n) is 2.05. The molecule has 0 amide bonds. The maximum atomic E-state index is 11.8. The smallest absolute Gasteiger partial charge is 0.395 e. The number of piperidine rings is 1. The van der Waals surface area contributed by atoms with Crippen LogP contribution in [0.15, 0.2) is 18.2 Å². The summed E-state index contributed by atoms with van der Waals surface area (Å²) < 4.78 is 35.5. The zero-order valence-electron chi connectivity index (χ0n) is 12.0. The van der Waals surface area contributed by atoms with Crippen LogP contribution < -0.4 is 5.73 Å². The first kappa shape index (κ1) is 18.6. The molecule has 5 N–H and O–H groups in total. The molecule has 0 spiro atoms. The van der Waals surface area contributed by atoms with Gasteiger partial charge in [-0.05, 0) is 25.6 Å². The molecule has 3 atom stereocenters. The third-order valence-electron chi connectivity index (χ3n) is 3.38. The van der Waals surface area contributed by atoms with Gasteiger partial charge in [0.2, 0.25) is 0 Å². The summed E-state index contributed by atoms with van der Waals surface area (Å²) in [5.74, 6) is -0.125. The lowest BCUT2D eigenvalue weighted by Gasteiger charge is -2.38. The molecule has 6 nitrogen and oxygen atoms in total. The number of aliphatic hydroxyl groups excluding tert-OH is 3. The van der Waals surface area contributed by atoms with Gasteiger partial charge in [-0.25, -0.2) is 4.98 Å². The van der Waals surface area contributed by atoms with Crippen LogP contribution in [0.3, 0.4) is 0 Å². The standard InChI is InChI=1S/C7H15NO3.C6H5F3N2/c1-8-3-2-6(10)7(11)5(8)4-9;7-6(8,9)4-2-1-3-5(10)11-4/h5-7,9-11H,2-4H2,1H3;1-3H,(H2,10,11). The van der Waals surface area contributed by atoms with Crippen LogP contribution in [-0.4, -0.2) is 63.7 Å². The summed E-state index contributed by atoms with van der Waals surface area (Å²) in [6.07, 6.45) is -5.31. The monoisotopic (exact) mass is 323 g/mol. The molecule has 9 heteroatoms. The normalized spacial score (nSPS) is 26.2. The quantitative estimate of drug-likeness (QED) is 0.584. The molecule has 1 aromatic heterocycles. The summed E-state index contributed by atoms with van der Waals surface area (Å²) in [6.45, 7) is 0.623. The highest BCUT2D eigenvalue weighted by Crippen LogP contribution is 2.27. The summed E-state index contributed by atoms with van der Waals surface area (Å²) in [5, 5.41) is 27.4. The Kier molecular flexibility index (Phi) is 6.54. The molecule has 1 aliphatic heterocycles. The van der Waals surface area contributed by atoms with Crippen LogP contribution in [0.5, 0.6) is 0 Å². The van der Waals surface area contributed by atoms with Gasteiger partial charge in [0.15, 0.2) is 0 Å². The minimum absolute atomic E-state index is 0.102. The molecular formula is C13H20F3N3O3. The number of nitrogens with zero attached hydrogens (tertiary/aromatic N) is 2. The van der Waals surface area contributed by atoms with E-state index in [1.54, 1.807) is 0 Å². The van der Waals surface area contributed by atoms with Crippen LogP contribution in [0.25, 0.3) is 0 Å². The summed E-state index contributed by atoms with van der Waals surface area (Å²) >= 11 is 0. The summed E-state index contributed by atoms with van der Waals surface area (Å²) in [5.41, 5.74) is 4.08. The number of halogens is 3. The predicted molar refractivity (Wildman–Crippen MR) is 73.8 cm³/mol. The molecule has 22 heavy (non-hydrogen) atoms. The van der Waals surface area contributed by atoms with Gasteiger partial charge in [0.05, 0.1) is 24.9 Å². The minimum atomic E-state index is -4.41. The molecule has 2 heterocycles. The Balaban J connectivity index is 0.000000220. The van der Waals surface area contributed by atoms with E-state index in [1.807, 2.05) is 11.9 Å². The topological polar surface area (TPSA) is 103 Å². The first-order chi connectivity index (χ1) is 10.2. The number of aliphatic hydroxyl groups is 3. The molecule has 0 aliphatic carbocycles. The van der Waals surface area contributed by atoms with Crippen LogP contribution in [0.2, 0.25) is 0 Å². The zero-order chi connectivity index (χ0) is 16.9. The van der Waals surface area contributed by atoms with Crippen molar-refractivity contribution in [1.82, 2.24) is 9.88 Å². The Labute approximate surface area is 126 Å². The van der Waals surface area contributed by atoms with E-state index in [2.05, 4.69) is 4.98 Å². The summed E-state index contributed by atoms with van der Waals surface area (Å²) in [6, 6.07) is 3.08. The Morgan fingerprint density at radius 1 is 1.36 bits per heavy atom. The van der Waals surface area contributed by atoms with Crippen molar-refractivity contribution in [3.8, 4) is 0 Å². The summed E-state index contributed by atoms with van der Waals surface area (Å²) in [4.78, 5) is 4.96. The lowest BCUT2D eigenvalue weighted by Crippen LogP contribution is -2.54. The Hall–Kier alpha value is -1.42. The highest BCUT2D eigenvalue weighted by atomic mass is 19.4. The van der Waals surface area contributed by atoms with E-state index in [0.29, 0.717) is 6.42 Å². The van der Waals surface area contributed by atoms with Crippen LogP contribution in [0.4, 0.5) is 19.0 Å². The van der Waals surface area contributed by atoms with Gasteiger partial charge in [-0.3, -0.25) is 4.90 Å². The van der Waals surface area contributed by atoms with Gasteiger partial charge < -0.3 is 21.1 Å². The molecule has 1 saturated heterocycles. The molecule has 0 saturated carbocycles. The SMILES string of the molecule is CN1CCC(O)C(O)C1CO.Nc1cccc(C(F)(F)F)n1. The van der Waals surface area contributed by atoms with Gasteiger partial charge in [0.25, 0.3) is 0 Å². The van der Waals surface area contributed by atoms with Crippen LogP contribution in [0.1, 0.15) is 12.1 Å². The van der Waals surface area contributed by atoms with Crippen molar-refractivity contribution in [1.29, 1.82) is 0 Å². The average Bonchev–Trinajstić information content (AvgIpc) is 2.44. The maximum absolute atomic E-state index is 11.8. The highest BCUT2D eigenvalue weighted by molar-refractivity contribution is 5.29. The number of alkyl halides is 3. The Bertz CT molecular complexity index is 473. The lowest BCUT2D eigenvalue weighted by atomic mass is 9.97. The highest BCUT2D eigenvalue weighted by Gasteiger charge is 2.33. The summed E-state index contributed by atoms with van der Waals surface area (Å²) in [7, 11) is 1.83. The van der Waals surface area contributed by atoms with E-state index in [-0.39, 0.29) is 18.5 Å². The Morgan fingerprint density at radius 2 is 2.00 bits per heavy atom. The first-order valence-electron chi connectivity index (χ1n) is 6.63. The average molecular weight is 323 g/mol. The number of pyridine rings is 1. The molecule has 0 aromatic carbocycles. The van der Waals surface area contributed by atoms with Crippen molar-refractivity contribution >= 4 is 5.82 Å². The largest absolute Gasteiger partial charge is 0.433 e. The number of likely N-dealkylation sites (N-methyl/N-ethyl adjacent to an activating group) is 1.